The Labute approximate surface area is 237 Å². The highest BCUT2D eigenvalue weighted by Crippen LogP contribution is 2.38. The summed E-state index contributed by atoms with van der Waals surface area (Å²) in [6, 6.07) is 18.5. The van der Waals surface area contributed by atoms with Crippen molar-refractivity contribution < 1.29 is 9.82 Å². The normalized spacial score (nSPS) is 21.1. The molecule has 204 valence electrons. The van der Waals surface area contributed by atoms with Crippen LogP contribution in [0.3, 0.4) is 0 Å². The lowest BCUT2D eigenvalue weighted by Crippen LogP contribution is -2.40. The zero-order valence-electron chi connectivity index (χ0n) is 23.5. The summed E-state index contributed by atoms with van der Waals surface area (Å²) in [4.78, 5) is 31.8. The minimum atomic E-state index is -1.38. The Morgan fingerprint density at radius 1 is 0.925 bits per heavy atom. The van der Waals surface area contributed by atoms with Gasteiger partial charge in [-0.2, -0.15) is 0 Å². The highest BCUT2D eigenvalue weighted by atomic mass is 28.3. The number of hydrogen-bond acceptors (Lipinski definition) is 6. The molecule has 11 heteroatoms. The second-order valence-corrected chi connectivity index (χ2v) is 17.1. The van der Waals surface area contributed by atoms with Gasteiger partial charge in [0.25, 0.3) is 7.41 Å². The SMILES string of the molecule is CB(O)N1C[Si](C)(C)C[C@H]1c1ncc(-c2ccc(-c3ccc(-c4cnc([C@@H]5CCCN5BC=O)[nH]4)cc3)cc2)[nH]1. The molecule has 4 heterocycles. The number of H-pyrrole nitrogens is 2. The van der Waals surface area contributed by atoms with Crippen LogP contribution in [0.25, 0.3) is 33.6 Å². The summed E-state index contributed by atoms with van der Waals surface area (Å²) in [5.41, 5.74) is 6.48. The first-order chi connectivity index (χ1) is 19.3. The number of nitrogens with one attached hydrogen (secondary N) is 2. The molecular formula is C29H36B2N6O2Si. The molecule has 0 aliphatic carbocycles. The number of hydrogen-bond donors (Lipinski definition) is 3. The van der Waals surface area contributed by atoms with Crippen LogP contribution in [0.4, 0.5) is 0 Å². The van der Waals surface area contributed by atoms with E-state index in [1.807, 2.05) is 19.2 Å². The van der Waals surface area contributed by atoms with Crippen molar-refractivity contribution in [3.8, 4) is 33.6 Å². The third-order valence-electron chi connectivity index (χ3n) is 8.46. The predicted octanol–water partition coefficient (Wildman–Crippen LogP) is 4.53. The molecule has 0 bridgehead atoms. The minimum Gasteiger partial charge on any atom is -0.437 e. The Balaban J connectivity index is 1.15. The molecule has 0 unspecified atom stereocenters. The number of carbonyl (C=O) groups is 1. The van der Waals surface area contributed by atoms with Crippen molar-refractivity contribution in [3.05, 3.63) is 72.6 Å². The van der Waals surface area contributed by atoms with Crippen LogP contribution >= 0.6 is 0 Å². The number of carbonyl (C=O) groups excluding carboxylic acids is 1. The molecule has 2 aliphatic rings. The number of aromatic amines is 2. The highest BCUT2D eigenvalue weighted by Gasteiger charge is 2.43. The molecule has 2 aliphatic heterocycles. The summed E-state index contributed by atoms with van der Waals surface area (Å²) < 4.78 is 0. The lowest BCUT2D eigenvalue weighted by molar-refractivity contribution is 0.350. The van der Waals surface area contributed by atoms with Crippen LogP contribution in [0.5, 0.6) is 0 Å². The molecule has 0 spiro atoms. The molecule has 0 amide bonds. The van der Waals surface area contributed by atoms with E-state index < -0.39 is 15.1 Å². The first-order valence-electron chi connectivity index (χ1n) is 14.2. The van der Waals surface area contributed by atoms with Crippen LogP contribution in [-0.4, -0.2) is 76.0 Å². The molecule has 6 rings (SSSR count). The molecule has 2 aromatic carbocycles. The van der Waals surface area contributed by atoms with Crippen molar-refractivity contribution in [1.29, 1.82) is 0 Å². The number of imidazole rings is 2. The van der Waals surface area contributed by atoms with Crippen molar-refractivity contribution in [2.75, 3.05) is 12.7 Å². The Kier molecular flexibility index (Phi) is 7.39. The van der Waals surface area contributed by atoms with Crippen LogP contribution in [0.2, 0.25) is 26.0 Å². The topological polar surface area (TPSA) is 101 Å². The summed E-state index contributed by atoms with van der Waals surface area (Å²) >= 11 is 0. The van der Waals surface area contributed by atoms with E-state index in [4.69, 9.17) is 4.98 Å². The summed E-state index contributed by atoms with van der Waals surface area (Å²) in [7, 11) is -1.39. The first-order valence-corrected chi connectivity index (χ1v) is 17.7. The largest absolute Gasteiger partial charge is 0.437 e. The van der Waals surface area contributed by atoms with Gasteiger partial charge in [-0.25, -0.2) is 9.97 Å². The van der Waals surface area contributed by atoms with Crippen LogP contribution in [0, 0.1) is 0 Å². The van der Waals surface area contributed by atoms with E-state index in [0.717, 1.165) is 83.1 Å². The Morgan fingerprint density at radius 2 is 1.45 bits per heavy atom. The monoisotopic (exact) mass is 550 g/mol. The molecule has 0 radical (unpaired) electrons. The predicted molar refractivity (Wildman–Crippen MR) is 165 cm³/mol. The van der Waals surface area contributed by atoms with Crippen LogP contribution in [0.15, 0.2) is 60.9 Å². The van der Waals surface area contributed by atoms with Crippen molar-refractivity contribution in [3.63, 3.8) is 0 Å². The van der Waals surface area contributed by atoms with E-state index in [1.54, 1.807) is 0 Å². The first kappa shape index (κ1) is 27.0. The second kappa shape index (κ2) is 11.0. The highest BCUT2D eigenvalue weighted by molar-refractivity contribution is 6.79. The molecule has 2 fully saturated rings. The molecule has 3 N–H and O–H groups in total. The molecule has 40 heavy (non-hydrogen) atoms. The van der Waals surface area contributed by atoms with Gasteiger partial charge in [-0.3, -0.25) is 0 Å². The number of aromatic nitrogens is 4. The van der Waals surface area contributed by atoms with Crippen molar-refractivity contribution in [2.45, 2.75) is 50.9 Å². The van der Waals surface area contributed by atoms with Crippen LogP contribution in [-0.2, 0) is 4.79 Å². The third kappa shape index (κ3) is 5.39. The molecule has 4 aromatic rings. The third-order valence-corrected chi connectivity index (χ3v) is 11.2. The van der Waals surface area contributed by atoms with Crippen LogP contribution in [0.1, 0.15) is 36.6 Å². The fourth-order valence-electron chi connectivity index (χ4n) is 6.40. The molecule has 0 saturated carbocycles. The van der Waals surface area contributed by atoms with Gasteiger partial charge >= 0.3 is 7.05 Å². The van der Waals surface area contributed by atoms with Gasteiger partial charge in [0.15, 0.2) is 0 Å². The second-order valence-electron chi connectivity index (χ2n) is 12.0. The van der Waals surface area contributed by atoms with Gasteiger partial charge in [-0.1, -0.05) is 61.6 Å². The zero-order chi connectivity index (χ0) is 27.9. The van der Waals surface area contributed by atoms with Crippen molar-refractivity contribution in [1.82, 2.24) is 29.6 Å². The quantitative estimate of drug-likeness (QED) is 0.220. The van der Waals surface area contributed by atoms with Gasteiger partial charge < -0.3 is 29.4 Å². The van der Waals surface area contributed by atoms with Gasteiger partial charge in [0.2, 0.25) is 0 Å². The van der Waals surface area contributed by atoms with E-state index in [1.165, 1.54) is 0 Å². The Bertz CT molecular complexity index is 1470. The smallest absolute Gasteiger partial charge is 0.376 e. The summed E-state index contributed by atoms with van der Waals surface area (Å²) in [6.07, 6.45) is 7.88. The van der Waals surface area contributed by atoms with E-state index in [0.29, 0.717) is 7.41 Å². The van der Waals surface area contributed by atoms with Crippen molar-refractivity contribution in [2.24, 2.45) is 0 Å². The zero-order valence-corrected chi connectivity index (χ0v) is 24.5. The van der Waals surface area contributed by atoms with E-state index >= 15 is 0 Å². The van der Waals surface area contributed by atoms with Crippen LogP contribution < -0.4 is 0 Å². The van der Waals surface area contributed by atoms with Gasteiger partial charge in [-0.15, -0.1) is 0 Å². The molecule has 2 saturated heterocycles. The Morgan fingerprint density at radius 3 is 1.98 bits per heavy atom. The van der Waals surface area contributed by atoms with E-state index in [2.05, 4.69) is 86.2 Å². The van der Waals surface area contributed by atoms with Gasteiger partial charge in [0, 0.05) is 0 Å². The lowest BCUT2D eigenvalue weighted by Gasteiger charge is -2.23. The number of nitrogens with zero attached hydrogens (tertiary/aromatic N) is 4. The van der Waals surface area contributed by atoms with E-state index in [-0.39, 0.29) is 12.1 Å². The lowest BCUT2D eigenvalue weighted by atomic mass is 9.84. The Hall–Kier alpha value is -3.24. The maximum Gasteiger partial charge on any atom is 0.376 e. The molecule has 2 aromatic heterocycles. The minimum absolute atomic E-state index is 0.146. The average Bonchev–Trinajstić information content (AvgIpc) is 3.75. The molecule has 8 nitrogen and oxygen atoms in total. The fourth-order valence-corrected chi connectivity index (χ4v) is 9.47. The molecule has 2 atom stereocenters. The van der Waals surface area contributed by atoms with Crippen molar-refractivity contribution >= 4 is 28.7 Å². The van der Waals surface area contributed by atoms with Gasteiger partial charge in [-0.05, 0) is 60.7 Å². The fraction of sp³-hybridized carbons (Fsp3) is 0.345. The average molecular weight is 550 g/mol. The standard InChI is InChI=1S/C29H36B2N6O2Si/c1-31(39)37-19-40(2,3)17-27(37)29-33-16-25(35-29)23-12-8-21(9-13-23)20-6-10-22(11-7-20)24-15-32-28(34-24)26-5-4-14-36(26)30-18-38/h6-13,15-16,18,26-27,30,39H,4-5,14,17,19H2,1-3H3,(H,32,34)(H,33,35)/t26-,27-/m0/s1. The number of rotatable bonds is 8. The molecular weight excluding hydrogens is 514 g/mol. The number of benzene rings is 2. The maximum atomic E-state index is 11.0. The summed E-state index contributed by atoms with van der Waals surface area (Å²) in [5.74, 6) is 1.88. The van der Waals surface area contributed by atoms with Gasteiger partial charge in [0.05, 0.1) is 50.1 Å². The summed E-state index contributed by atoms with van der Waals surface area (Å²) in [5, 5.41) is 10.3. The van der Waals surface area contributed by atoms with E-state index in [9.17, 15) is 9.82 Å². The summed E-state index contributed by atoms with van der Waals surface area (Å²) in [6.45, 7) is 7.55. The maximum absolute atomic E-state index is 11.0. The van der Waals surface area contributed by atoms with Gasteiger partial charge in [0.1, 0.15) is 11.6 Å².